The van der Waals surface area contributed by atoms with Crippen molar-refractivity contribution in [3.05, 3.63) is 57.5 Å². The minimum Gasteiger partial charge on any atom is -0.358 e. The summed E-state index contributed by atoms with van der Waals surface area (Å²) in [4.78, 5) is 26.2. The third-order valence-electron chi connectivity index (χ3n) is 3.26. The van der Waals surface area contributed by atoms with Crippen molar-refractivity contribution in [1.82, 2.24) is 9.55 Å². The summed E-state index contributed by atoms with van der Waals surface area (Å²) in [5.41, 5.74) is 2.53. The lowest BCUT2D eigenvalue weighted by atomic mass is 9.98. The summed E-state index contributed by atoms with van der Waals surface area (Å²) < 4.78 is 1.46. The van der Waals surface area contributed by atoms with Gasteiger partial charge in [-0.15, -0.1) is 0 Å². The van der Waals surface area contributed by atoms with E-state index in [9.17, 15) is 14.9 Å². The van der Waals surface area contributed by atoms with Crippen LogP contribution in [0.5, 0.6) is 0 Å². The molecule has 0 spiro atoms. The Morgan fingerprint density at radius 2 is 2.10 bits per heavy atom. The van der Waals surface area contributed by atoms with E-state index < -0.39 is 11.0 Å². The van der Waals surface area contributed by atoms with Crippen molar-refractivity contribution in [3.8, 4) is 0 Å². The summed E-state index contributed by atoms with van der Waals surface area (Å²) in [6, 6.07) is 5.14. The van der Waals surface area contributed by atoms with Crippen LogP contribution in [0.2, 0.25) is 0 Å². The largest absolute Gasteiger partial charge is 0.381 e. The second kappa shape index (κ2) is 5.24. The van der Waals surface area contributed by atoms with E-state index in [2.05, 4.69) is 4.98 Å². The highest BCUT2D eigenvalue weighted by Crippen LogP contribution is 2.20. The molecule has 0 aliphatic heterocycles. The molecule has 0 N–H and O–H groups in total. The first kappa shape index (κ1) is 13.9. The lowest BCUT2D eigenvalue weighted by molar-refractivity contribution is -0.389. The van der Waals surface area contributed by atoms with Crippen molar-refractivity contribution in [2.45, 2.75) is 26.8 Å². The lowest BCUT2D eigenvalue weighted by Crippen LogP contribution is -2.16. The van der Waals surface area contributed by atoms with Gasteiger partial charge in [0, 0.05) is 5.56 Å². The zero-order chi connectivity index (χ0) is 14.9. The van der Waals surface area contributed by atoms with Crippen LogP contribution in [0.25, 0.3) is 0 Å². The van der Waals surface area contributed by atoms with Crippen LogP contribution in [0.15, 0.2) is 30.7 Å². The molecule has 104 valence electrons. The van der Waals surface area contributed by atoms with E-state index in [1.165, 1.54) is 17.1 Å². The Balaban J connectivity index is 2.32. The van der Waals surface area contributed by atoms with E-state index in [-0.39, 0.29) is 11.6 Å². The van der Waals surface area contributed by atoms with Gasteiger partial charge in [0.1, 0.15) is 6.20 Å². The average molecular weight is 273 g/mol. The summed E-state index contributed by atoms with van der Waals surface area (Å²) in [5, 5.41) is 10.6. The maximum absolute atomic E-state index is 12.5. The smallest absolute Gasteiger partial charge is 0.358 e. The first-order valence-corrected chi connectivity index (χ1v) is 6.19. The predicted octanol–water partition coefficient (Wildman–Crippen LogP) is 2.85. The molecule has 0 aliphatic rings. The van der Waals surface area contributed by atoms with Crippen LogP contribution < -0.4 is 0 Å². The number of aryl methyl sites for hydroxylation is 2. The zero-order valence-electron chi connectivity index (χ0n) is 11.5. The van der Waals surface area contributed by atoms with Crippen molar-refractivity contribution in [2.24, 2.45) is 0 Å². The highest BCUT2D eigenvalue weighted by Gasteiger charge is 2.21. The normalized spacial score (nSPS) is 12.2. The molecule has 0 aliphatic carbocycles. The van der Waals surface area contributed by atoms with E-state index in [4.69, 9.17) is 0 Å². The number of imidazole rings is 1. The Hall–Kier alpha value is -2.50. The number of hydrogen-bond acceptors (Lipinski definition) is 4. The van der Waals surface area contributed by atoms with E-state index >= 15 is 0 Å². The Labute approximate surface area is 116 Å². The number of ketones is 1. The molecule has 1 heterocycles. The van der Waals surface area contributed by atoms with Crippen molar-refractivity contribution >= 4 is 11.6 Å². The summed E-state index contributed by atoms with van der Waals surface area (Å²) in [5.74, 6) is -0.343. The lowest BCUT2D eigenvalue weighted by Gasteiger charge is -2.13. The first-order chi connectivity index (χ1) is 9.40. The fourth-order valence-electron chi connectivity index (χ4n) is 1.99. The van der Waals surface area contributed by atoms with Crippen LogP contribution in [0.1, 0.15) is 34.5 Å². The fourth-order valence-corrected chi connectivity index (χ4v) is 1.99. The van der Waals surface area contributed by atoms with Crippen LogP contribution in [0.4, 0.5) is 5.82 Å². The van der Waals surface area contributed by atoms with E-state index in [0.717, 1.165) is 11.1 Å². The van der Waals surface area contributed by atoms with E-state index in [1.54, 1.807) is 6.92 Å². The van der Waals surface area contributed by atoms with Gasteiger partial charge in [-0.25, -0.2) is 0 Å². The van der Waals surface area contributed by atoms with Gasteiger partial charge in [0.25, 0.3) is 0 Å². The Kier molecular flexibility index (Phi) is 3.65. The number of hydrogen-bond donors (Lipinski definition) is 0. The molecule has 1 aromatic carbocycles. The number of carbonyl (C=O) groups excluding carboxylic acids is 1. The van der Waals surface area contributed by atoms with Crippen molar-refractivity contribution in [3.63, 3.8) is 0 Å². The van der Waals surface area contributed by atoms with Gasteiger partial charge < -0.3 is 10.1 Å². The van der Waals surface area contributed by atoms with E-state index in [0.29, 0.717) is 5.56 Å². The number of nitrogens with zero attached hydrogens (tertiary/aromatic N) is 3. The van der Waals surface area contributed by atoms with Crippen LogP contribution in [0, 0.1) is 24.0 Å². The molecular formula is C14H15N3O3. The van der Waals surface area contributed by atoms with Gasteiger partial charge in [-0.3, -0.25) is 9.36 Å². The Morgan fingerprint density at radius 1 is 1.40 bits per heavy atom. The monoisotopic (exact) mass is 273 g/mol. The molecule has 0 saturated heterocycles. The molecule has 1 aromatic heterocycles. The molecular weight excluding hydrogens is 258 g/mol. The number of aromatic nitrogens is 2. The van der Waals surface area contributed by atoms with Crippen LogP contribution in [-0.4, -0.2) is 20.3 Å². The SMILES string of the molecule is Cc1ccc(C)c(C(=O)C(C)n2cnc([N+](=O)[O-])c2)c1. The molecule has 2 rings (SSSR count). The molecule has 6 heteroatoms. The summed E-state index contributed by atoms with van der Waals surface area (Å²) in [7, 11) is 0. The maximum atomic E-state index is 12.5. The molecule has 1 atom stereocenters. The standard InChI is InChI=1S/C14H15N3O3/c1-9-4-5-10(2)12(6-9)14(18)11(3)16-7-13(15-8-16)17(19)20/h4-8,11H,1-3H3. The number of rotatable bonds is 4. The molecule has 2 aromatic rings. The highest BCUT2D eigenvalue weighted by atomic mass is 16.6. The average Bonchev–Trinajstić information content (AvgIpc) is 2.89. The van der Waals surface area contributed by atoms with E-state index in [1.807, 2.05) is 32.0 Å². The van der Waals surface area contributed by atoms with Gasteiger partial charge in [0.05, 0.1) is 6.04 Å². The highest BCUT2D eigenvalue weighted by molar-refractivity contribution is 6.00. The fraction of sp³-hybridized carbons (Fsp3) is 0.286. The van der Waals surface area contributed by atoms with Gasteiger partial charge in [-0.1, -0.05) is 17.7 Å². The molecule has 20 heavy (non-hydrogen) atoms. The molecule has 0 radical (unpaired) electrons. The predicted molar refractivity (Wildman–Crippen MR) is 73.8 cm³/mol. The van der Waals surface area contributed by atoms with Gasteiger partial charge in [0.2, 0.25) is 6.33 Å². The summed E-state index contributed by atoms with van der Waals surface area (Å²) >= 11 is 0. The first-order valence-electron chi connectivity index (χ1n) is 6.19. The van der Waals surface area contributed by atoms with Crippen molar-refractivity contribution < 1.29 is 9.72 Å². The maximum Gasteiger partial charge on any atom is 0.381 e. The molecule has 0 fully saturated rings. The number of carbonyl (C=O) groups is 1. The summed E-state index contributed by atoms with van der Waals surface area (Å²) in [6.07, 6.45) is 2.58. The number of benzene rings is 1. The third kappa shape index (κ3) is 2.59. The summed E-state index contributed by atoms with van der Waals surface area (Å²) in [6.45, 7) is 5.49. The van der Waals surface area contributed by atoms with Crippen molar-refractivity contribution in [2.75, 3.05) is 0 Å². The molecule has 6 nitrogen and oxygen atoms in total. The number of Topliss-reactive ketones (excluding diaryl/α,β-unsaturated/α-hetero) is 1. The molecule has 1 unspecified atom stereocenters. The zero-order valence-corrected chi connectivity index (χ0v) is 11.5. The quantitative estimate of drug-likeness (QED) is 0.487. The minimum atomic E-state index is -0.578. The van der Waals surface area contributed by atoms with Gasteiger partial charge in [-0.2, -0.15) is 0 Å². The number of nitro groups is 1. The molecule has 0 bridgehead atoms. The Morgan fingerprint density at radius 3 is 2.70 bits per heavy atom. The minimum absolute atomic E-state index is 0.0847. The van der Waals surface area contributed by atoms with Gasteiger partial charge in [-0.05, 0) is 42.3 Å². The second-order valence-electron chi connectivity index (χ2n) is 4.79. The van der Waals surface area contributed by atoms with Crippen LogP contribution in [0.3, 0.4) is 0 Å². The third-order valence-corrected chi connectivity index (χ3v) is 3.26. The van der Waals surface area contributed by atoms with Crippen LogP contribution in [-0.2, 0) is 0 Å². The van der Waals surface area contributed by atoms with Crippen LogP contribution >= 0.6 is 0 Å². The second-order valence-corrected chi connectivity index (χ2v) is 4.79. The topological polar surface area (TPSA) is 78.0 Å². The van der Waals surface area contributed by atoms with Crippen molar-refractivity contribution in [1.29, 1.82) is 0 Å². The Bertz CT molecular complexity index is 676. The molecule has 0 saturated carbocycles. The van der Waals surface area contributed by atoms with Gasteiger partial charge >= 0.3 is 5.82 Å². The molecule has 0 amide bonds. The van der Waals surface area contributed by atoms with Gasteiger partial charge in [0.15, 0.2) is 5.78 Å².